The first-order valence-corrected chi connectivity index (χ1v) is 5.80. The van der Waals surface area contributed by atoms with E-state index in [9.17, 15) is 0 Å². The highest BCUT2D eigenvalue weighted by atomic mass is 16.5. The van der Waals surface area contributed by atoms with Gasteiger partial charge in [0.05, 0.1) is 6.61 Å². The number of nitrogens with two attached hydrogens (primary N) is 1. The summed E-state index contributed by atoms with van der Waals surface area (Å²) in [6.45, 7) is 4.74. The highest BCUT2D eigenvalue weighted by Crippen LogP contribution is 2.08. The van der Waals surface area contributed by atoms with E-state index in [0.717, 1.165) is 31.9 Å². The van der Waals surface area contributed by atoms with Crippen molar-refractivity contribution in [3.63, 3.8) is 0 Å². The van der Waals surface area contributed by atoms with Gasteiger partial charge in [-0.05, 0) is 32.5 Å². The molecule has 3 heteroatoms. The molecule has 0 aliphatic rings. The van der Waals surface area contributed by atoms with Gasteiger partial charge in [-0.1, -0.05) is 18.2 Å². The molecule has 0 amide bonds. The molecular weight excluding hydrogens is 200 g/mol. The Morgan fingerprint density at radius 3 is 2.62 bits per heavy atom. The van der Waals surface area contributed by atoms with Crippen molar-refractivity contribution >= 4 is 0 Å². The smallest absolute Gasteiger partial charge is 0.119 e. The quantitative estimate of drug-likeness (QED) is 0.714. The van der Waals surface area contributed by atoms with E-state index >= 15 is 0 Å². The van der Waals surface area contributed by atoms with Crippen molar-refractivity contribution in [2.45, 2.75) is 19.4 Å². The van der Waals surface area contributed by atoms with Crippen LogP contribution in [0.15, 0.2) is 30.3 Å². The zero-order valence-corrected chi connectivity index (χ0v) is 10.2. The van der Waals surface area contributed by atoms with Crippen LogP contribution in [0.1, 0.15) is 13.3 Å². The monoisotopic (exact) mass is 222 g/mol. The summed E-state index contributed by atoms with van der Waals surface area (Å²) in [5, 5.41) is 0. The molecule has 0 fully saturated rings. The van der Waals surface area contributed by atoms with Gasteiger partial charge < -0.3 is 15.4 Å². The maximum Gasteiger partial charge on any atom is 0.119 e. The Morgan fingerprint density at radius 2 is 2.00 bits per heavy atom. The molecule has 1 rings (SSSR count). The Kier molecular flexibility index (Phi) is 5.90. The second-order valence-electron chi connectivity index (χ2n) is 4.25. The number of para-hydroxylation sites is 1. The Hall–Kier alpha value is -1.06. The summed E-state index contributed by atoms with van der Waals surface area (Å²) in [5.74, 6) is 0.942. The van der Waals surface area contributed by atoms with Crippen molar-refractivity contribution in [2.24, 2.45) is 5.73 Å². The lowest BCUT2D eigenvalue weighted by Crippen LogP contribution is -2.33. The fourth-order valence-electron chi connectivity index (χ4n) is 1.62. The van der Waals surface area contributed by atoms with Crippen molar-refractivity contribution in [1.82, 2.24) is 4.90 Å². The predicted octanol–water partition coefficient (Wildman–Crippen LogP) is 1.73. The minimum atomic E-state index is 0.236. The van der Waals surface area contributed by atoms with Crippen LogP contribution >= 0.6 is 0 Å². The van der Waals surface area contributed by atoms with E-state index in [2.05, 4.69) is 11.9 Å². The van der Waals surface area contributed by atoms with E-state index in [0.29, 0.717) is 0 Å². The van der Waals surface area contributed by atoms with Crippen LogP contribution in [0.5, 0.6) is 5.75 Å². The number of benzene rings is 1. The average molecular weight is 222 g/mol. The maximum absolute atomic E-state index is 5.72. The van der Waals surface area contributed by atoms with Crippen LogP contribution in [0.4, 0.5) is 0 Å². The van der Waals surface area contributed by atoms with Crippen LogP contribution in [0.2, 0.25) is 0 Å². The number of likely N-dealkylation sites (N-methyl/N-ethyl adjacent to an activating group) is 1. The topological polar surface area (TPSA) is 38.5 Å². The molecule has 16 heavy (non-hydrogen) atoms. The molecular formula is C13H22N2O. The van der Waals surface area contributed by atoms with Crippen molar-refractivity contribution in [3.8, 4) is 5.75 Å². The lowest BCUT2D eigenvalue weighted by Gasteiger charge is -2.18. The lowest BCUT2D eigenvalue weighted by atomic mass is 10.3. The van der Waals surface area contributed by atoms with Gasteiger partial charge in [0.2, 0.25) is 0 Å². The maximum atomic E-state index is 5.72. The number of hydrogen-bond acceptors (Lipinski definition) is 3. The third-order valence-electron chi connectivity index (χ3n) is 2.30. The molecule has 0 aliphatic heterocycles. The normalized spacial score (nSPS) is 12.8. The molecule has 0 aromatic heterocycles. The third-order valence-corrected chi connectivity index (χ3v) is 2.30. The fraction of sp³-hybridized carbons (Fsp3) is 0.538. The highest BCUT2D eigenvalue weighted by Gasteiger charge is 2.01. The van der Waals surface area contributed by atoms with Crippen LogP contribution in [0.3, 0.4) is 0 Å². The number of ether oxygens (including phenoxy) is 1. The minimum Gasteiger partial charge on any atom is -0.494 e. The molecule has 0 aliphatic carbocycles. The van der Waals surface area contributed by atoms with Gasteiger partial charge in [-0.15, -0.1) is 0 Å². The molecule has 1 aromatic carbocycles. The Labute approximate surface area is 98.2 Å². The van der Waals surface area contributed by atoms with Gasteiger partial charge in [0.25, 0.3) is 0 Å². The second kappa shape index (κ2) is 7.25. The molecule has 0 saturated carbocycles. The van der Waals surface area contributed by atoms with E-state index in [4.69, 9.17) is 10.5 Å². The van der Waals surface area contributed by atoms with E-state index in [1.165, 1.54) is 0 Å². The summed E-state index contributed by atoms with van der Waals surface area (Å²) >= 11 is 0. The predicted molar refractivity (Wildman–Crippen MR) is 67.7 cm³/mol. The summed E-state index contributed by atoms with van der Waals surface area (Å²) in [6.07, 6.45) is 1.03. The molecule has 0 bridgehead atoms. The van der Waals surface area contributed by atoms with Gasteiger partial charge in [-0.25, -0.2) is 0 Å². The average Bonchev–Trinajstić information content (AvgIpc) is 2.25. The van der Waals surface area contributed by atoms with Gasteiger partial charge >= 0.3 is 0 Å². The van der Waals surface area contributed by atoms with E-state index < -0.39 is 0 Å². The first-order valence-electron chi connectivity index (χ1n) is 5.80. The first-order chi connectivity index (χ1) is 7.68. The molecule has 2 N–H and O–H groups in total. The molecule has 3 nitrogen and oxygen atoms in total. The van der Waals surface area contributed by atoms with Gasteiger partial charge in [0, 0.05) is 19.1 Å². The largest absolute Gasteiger partial charge is 0.494 e. The van der Waals surface area contributed by atoms with Gasteiger partial charge in [0.15, 0.2) is 0 Å². The lowest BCUT2D eigenvalue weighted by molar-refractivity contribution is 0.257. The van der Waals surface area contributed by atoms with Crippen LogP contribution in [0, 0.1) is 0 Å². The van der Waals surface area contributed by atoms with Crippen molar-refractivity contribution in [1.29, 1.82) is 0 Å². The SMILES string of the molecule is CC(N)CN(C)CCCOc1ccccc1. The Balaban J connectivity index is 2.08. The number of rotatable bonds is 7. The summed E-state index contributed by atoms with van der Waals surface area (Å²) in [4.78, 5) is 2.24. The molecule has 0 saturated heterocycles. The van der Waals surface area contributed by atoms with Crippen LogP contribution in [0.25, 0.3) is 0 Å². The molecule has 1 aromatic rings. The summed E-state index contributed by atoms with van der Waals surface area (Å²) in [6, 6.07) is 10.1. The van der Waals surface area contributed by atoms with Gasteiger partial charge in [0.1, 0.15) is 5.75 Å². The Bertz CT molecular complexity index is 275. The van der Waals surface area contributed by atoms with Crippen molar-refractivity contribution in [2.75, 3.05) is 26.7 Å². The van der Waals surface area contributed by atoms with E-state index in [1.54, 1.807) is 0 Å². The van der Waals surface area contributed by atoms with E-state index in [1.807, 2.05) is 37.3 Å². The summed E-state index contributed by atoms with van der Waals surface area (Å²) in [7, 11) is 2.09. The number of hydrogen-bond donors (Lipinski definition) is 1. The molecule has 1 unspecified atom stereocenters. The van der Waals surface area contributed by atoms with Crippen LogP contribution in [-0.4, -0.2) is 37.7 Å². The molecule has 90 valence electrons. The van der Waals surface area contributed by atoms with Crippen molar-refractivity contribution < 1.29 is 4.74 Å². The van der Waals surface area contributed by atoms with E-state index in [-0.39, 0.29) is 6.04 Å². The first kappa shape index (κ1) is 13.0. The van der Waals surface area contributed by atoms with Crippen LogP contribution < -0.4 is 10.5 Å². The summed E-state index contributed by atoms with van der Waals surface area (Å²) < 4.78 is 5.60. The second-order valence-corrected chi connectivity index (χ2v) is 4.25. The van der Waals surface area contributed by atoms with Crippen molar-refractivity contribution in [3.05, 3.63) is 30.3 Å². The molecule has 1 atom stereocenters. The summed E-state index contributed by atoms with van der Waals surface area (Å²) in [5.41, 5.74) is 5.72. The van der Waals surface area contributed by atoms with Gasteiger partial charge in [-0.3, -0.25) is 0 Å². The zero-order valence-electron chi connectivity index (χ0n) is 10.2. The fourth-order valence-corrected chi connectivity index (χ4v) is 1.62. The van der Waals surface area contributed by atoms with Gasteiger partial charge in [-0.2, -0.15) is 0 Å². The molecule has 0 spiro atoms. The number of nitrogens with zero attached hydrogens (tertiary/aromatic N) is 1. The molecule has 0 radical (unpaired) electrons. The molecule has 0 heterocycles. The van der Waals surface area contributed by atoms with Crippen LogP contribution in [-0.2, 0) is 0 Å². The third kappa shape index (κ3) is 5.73. The standard InChI is InChI=1S/C13H22N2O/c1-12(14)11-15(2)9-6-10-16-13-7-4-3-5-8-13/h3-5,7-8,12H,6,9-11,14H2,1-2H3. The minimum absolute atomic E-state index is 0.236. The Morgan fingerprint density at radius 1 is 1.31 bits per heavy atom. The zero-order chi connectivity index (χ0) is 11.8. The highest BCUT2D eigenvalue weighted by molar-refractivity contribution is 5.20.